The van der Waals surface area contributed by atoms with Gasteiger partial charge in [-0.3, -0.25) is 0 Å². The molecule has 1 aromatic rings. The molecule has 1 heteroatoms. The van der Waals surface area contributed by atoms with Crippen LogP contribution in [0.15, 0.2) is 30.3 Å². The highest BCUT2D eigenvalue weighted by Gasteiger charge is 2.66. The molecule has 12 heavy (non-hydrogen) atoms. The number of hydrogen-bond acceptors (Lipinski definition) is 0. The smallest absolute Gasteiger partial charge is 0.0247 e. The van der Waals surface area contributed by atoms with E-state index in [9.17, 15) is 0 Å². The predicted octanol–water partition coefficient (Wildman–Crippen LogP) is 3.30. The molecule has 3 saturated carbocycles. The van der Waals surface area contributed by atoms with E-state index in [1.54, 1.807) is 5.56 Å². The third-order valence-corrected chi connectivity index (χ3v) is 4.50. The van der Waals surface area contributed by atoms with E-state index in [2.05, 4.69) is 52.9 Å². The molecule has 0 N–H and O–H groups in total. The maximum absolute atomic E-state index is 2.63. The fraction of sp³-hybridized carbons (Fsp3) is 0.455. The lowest BCUT2D eigenvalue weighted by molar-refractivity contribution is 0.0220. The van der Waals surface area contributed by atoms with Crippen LogP contribution in [0.1, 0.15) is 24.8 Å². The van der Waals surface area contributed by atoms with Crippen molar-refractivity contribution in [3.05, 3.63) is 35.9 Å². The molecule has 1 aromatic carbocycles. The Morgan fingerprint density at radius 3 is 2.08 bits per heavy atom. The first kappa shape index (κ1) is 7.36. The Hall–Kier alpha value is -0.0500. The molecule has 62 valence electrons. The van der Waals surface area contributed by atoms with Gasteiger partial charge in [0.05, 0.1) is 0 Å². The second-order valence-electron chi connectivity index (χ2n) is 4.33. The summed E-state index contributed by atoms with van der Waals surface area (Å²) >= 11 is 2.63. The van der Waals surface area contributed by atoms with E-state index in [4.69, 9.17) is 0 Å². The Labute approximate surface area is 86.5 Å². The van der Waals surface area contributed by atoms with Crippen molar-refractivity contribution in [2.24, 2.45) is 0 Å². The highest BCUT2D eigenvalue weighted by molar-refractivity contribution is 14.1. The molecular formula is C11H11I. The summed E-state index contributed by atoms with van der Waals surface area (Å²) in [6.07, 6.45) is 4.26. The first-order chi connectivity index (χ1) is 5.73. The van der Waals surface area contributed by atoms with Gasteiger partial charge in [-0.15, -0.1) is 0 Å². The van der Waals surface area contributed by atoms with Crippen LogP contribution in [0.2, 0.25) is 0 Å². The summed E-state index contributed by atoms with van der Waals surface area (Å²) in [4.78, 5) is 0. The van der Waals surface area contributed by atoms with Crippen LogP contribution in [0.5, 0.6) is 0 Å². The summed E-state index contributed by atoms with van der Waals surface area (Å²) in [7, 11) is 0. The summed E-state index contributed by atoms with van der Waals surface area (Å²) in [5, 5.41) is 0. The van der Waals surface area contributed by atoms with E-state index < -0.39 is 0 Å². The van der Waals surface area contributed by atoms with E-state index in [-0.39, 0.29) is 0 Å². The van der Waals surface area contributed by atoms with Gasteiger partial charge in [0.1, 0.15) is 0 Å². The van der Waals surface area contributed by atoms with Gasteiger partial charge in [0.2, 0.25) is 0 Å². The van der Waals surface area contributed by atoms with Crippen LogP contribution in [0.25, 0.3) is 0 Å². The van der Waals surface area contributed by atoms with Gasteiger partial charge in [0.25, 0.3) is 0 Å². The molecule has 0 atom stereocenters. The first-order valence-corrected chi connectivity index (χ1v) is 5.55. The van der Waals surface area contributed by atoms with Crippen molar-refractivity contribution in [3.63, 3.8) is 0 Å². The molecule has 0 aliphatic heterocycles. The molecule has 0 radical (unpaired) electrons. The zero-order valence-electron chi connectivity index (χ0n) is 6.89. The SMILES string of the molecule is IC12CC(c3ccccc3)(C1)C2. The second-order valence-corrected chi connectivity index (χ2v) is 6.62. The van der Waals surface area contributed by atoms with Crippen LogP contribution in [0, 0.1) is 0 Å². The van der Waals surface area contributed by atoms with E-state index in [1.165, 1.54) is 19.3 Å². The van der Waals surface area contributed by atoms with Gasteiger partial charge in [-0.2, -0.15) is 0 Å². The van der Waals surface area contributed by atoms with E-state index >= 15 is 0 Å². The highest BCUT2D eigenvalue weighted by Crippen LogP contribution is 2.72. The van der Waals surface area contributed by atoms with Gasteiger partial charge < -0.3 is 0 Å². The molecule has 0 unspecified atom stereocenters. The Kier molecular flexibility index (Phi) is 1.26. The normalized spacial score (nSPS) is 43.1. The maximum Gasteiger partial charge on any atom is 0.0247 e. The molecule has 2 bridgehead atoms. The van der Waals surface area contributed by atoms with Gasteiger partial charge in [-0.25, -0.2) is 0 Å². The predicted molar refractivity (Wildman–Crippen MR) is 58.7 cm³/mol. The van der Waals surface area contributed by atoms with Gasteiger partial charge in [0, 0.05) is 3.42 Å². The zero-order chi connectivity index (χ0) is 8.23. The van der Waals surface area contributed by atoms with Crippen LogP contribution in [-0.4, -0.2) is 3.42 Å². The third-order valence-electron chi connectivity index (χ3n) is 3.35. The molecule has 3 aliphatic carbocycles. The molecule has 0 heterocycles. The fourth-order valence-electron chi connectivity index (χ4n) is 2.76. The number of alkyl halides is 1. The minimum Gasteiger partial charge on any atom is -0.0788 e. The summed E-state index contributed by atoms with van der Waals surface area (Å²) in [6.45, 7) is 0. The Bertz CT molecular complexity index is 295. The highest BCUT2D eigenvalue weighted by atomic mass is 127. The summed E-state index contributed by atoms with van der Waals surface area (Å²) in [5.74, 6) is 0. The average Bonchev–Trinajstić information content (AvgIpc) is 1.99. The van der Waals surface area contributed by atoms with Crippen molar-refractivity contribution >= 4 is 22.6 Å². The van der Waals surface area contributed by atoms with Crippen LogP contribution < -0.4 is 0 Å². The van der Waals surface area contributed by atoms with Gasteiger partial charge in [0.15, 0.2) is 0 Å². The summed E-state index contributed by atoms with van der Waals surface area (Å²) in [5.41, 5.74) is 2.19. The Morgan fingerprint density at radius 2 is 1.58 bits per heavy atom. The lowest BCUT2D eigenvalue weighted by Crippen LogP contribution is -2.65. The van der Waals surface area contributed by atoms with Crippen molar-refractivity contribution < 1.29 is 0 Å². The van der Waals surface area contributed by atoms with Crippen LogP contribution >= 0.6 is 22.6 Å². The number of hydrogen-bond donors (Lipinski definition) is 0. The molecule has 4 rings (SSSR count). The van der Waals surface area contributed by atoms with E-state index in [1.807, 2.05) is 0 Å². The number of halogens is 1. The summed E-state index contributed by atoms with van der Waals surface area (Å²) < 4.78 is 0.702. The fourth-order valence-corrected chi connectivity index (χ4v) is 4.95. The average molecular weight is 270 g/mol. The molecule has 3 fully saturated rings. The van der Waals surface area contributed by atoms with Crippen LogP contribution in [0.4, 0.5) is 0 Å². The van der Waals surface area contributed by atoms with Crippen LogP contribution in [0.3, 0.4) is 0 Å². The lowest BCUT2D eigenvalue weighted by atomic mass is 9.42. The minimum absolute atomic E-state index is 0.614. The first-order valence-electron chi connectivity index (χ1n) is 4.47. The zero-order valence-corrected chi connectivity index (χ0v) is 9.04. The van der Waals surface area contributed by atoms with Crippen LogP contribution in [-0.2, 0) is 5.41 Å². The Balaban J connectivity index is 1.94. The van der Waals surface area contributed by atoms with Crippen molar-refractivity contribution in [2.75, 3.05) is 0 Å². The van der Waals surface area contributed by atoms with Gasteiger partial charge in [-0.05, 0) is 30.2 Å². The number of benzene rings is 1. The number of rotatable bonds is 1. The van der Waals surface area contributed by atoms with Crippen molar-refractivity contribution in [1.82, 2.24) is 0 Å². The van der Waals surface area contributed by atoms with Gasteiger partial charge in [-0.1, -0.05) is 52.9 Å². The Morgan fingerprint density at radius 1 is 1.00 bits per heavy atom. The van der Waals surface area contributed by atoms with E-state index in [0.29, 0.717) is 8.84 Å². The molecular weight excluding hydrogens is 259 g/mol. The third kappa shape index (κ3) is 0.781. The topological polar surface area (TPSA) is 0 Å². The van der Waals surface area contributed by atoms with E-state index in [0.717, 1.165) is 0 Å². The van der Waals surface area contributed by atoms with Gasteiger partial charge >= 0.3 is 0 Å². The largest absolute Gasteiger partial charge is 0.0788 e. The second kappa shape index (κ2) is 2.06. The molecule has 0 aromatic heterocycles. The minimum atomic E-state index is 0.614. The maximum atomic E-state index is 2.63. The quantitative estimate of drug-likeness (QED) is 0.542. The monoisotopic (exact) mass is 270 g/mol. The lowest BCUT2D eigenvalue weighted by Gasteiger charge is -2.68. The van der Waals surface area contributed by atoms with Crippen molar-refractivity contribution in [3.8, 4) is 0 Å². The standard InChI is InChI=1S/C11H11I/c12-11-6-10(7-11,8-11)9-4-2-1-3-5-9/h1-5H,6-8H2. The molecule has 3 aliphatic rings. The molecule has 0 nitrogen and oxygen atoms in total. The molecule has 0 amide bonds. The molecule has 0 spiro atoms. The summed E-state index contributed by atoms with van der Waals surface area (Å²) in [6, 6.07) is 11.0. The van der Waals surface area contributed by atoms with Crippen molar-refractivity contribution in [2.45, 2.75) is 28.1 Å². The molecule has 0 saturated heterocycles. The van der Waals surface area contributed by atoms with Crippen molar-refractivity contribution in [1.29, 1.82) is 0 Å².